The largest absolute Gasteiger partial charge is 0.468 e. The van der Waals surface area contributed by atoms with Crippen molar-refractivity contribution in [2.24, 2.45) is 23.7 Å². The lowest BCUT2D eigenvalue weighted by atomic mass is 9.82. The summed E-state index contributed by atoms with van der Waals surface area (Å²) < 4.78 is 4.84. The summed E-state index contributed by atoms with van der Waals surface area (Å²) in [4.78, 5) is 13.9. The molecule has 2 aliphatic carbocycles. The lowest BCUT2D eigenvalue weighted by Gasteiger charge is -2.23. The van der Waals surface area contributed by atoms with Crippen LogP contribution in [0.1, 0.15) is 26.2 Å². The number of likely N-dealkylation sites (tertiary alicyclic amines) is 1. The van der Waals surface area contributed by atoms with E-state index < -0.39 is 0 Å². The van der Waals surface area contributed by atoms with Crippen molar-refractivity contribution in [3.8, 4) is 0 Å². The molecule has 1 heterocycles. The Bertz CT molecular complexity index is 286. The number of rotatable bonds is 2. The summed E-state index contributed by atoms with van der Waals surface area (Å²) in [5.41, 5.74) is 0. The van der Waals surface area contributed by atoms with Crippen molar-refractivity contribution < 1.29 is 9.53 Å². The summed E-state index contributed by atoms with van der Waals surface area (Å²) in [7, 11) is 1.49. The second kappa shape index (κ2) is 3.73. The number of ether oxygens (including phenoxy) is 1. The number of hydrogen-bond acceptors (Lipinski definition) is 3. The van der Waals surface area contributed by atoms with E-state index in [1.807, 2.05) is 6.92 Å². The molecule has 3 heteroatoms. The molecule has 3 aliphatic rings. The Morgan fingerprint density at radius 2 is 1.81 bits per heavy atom. The number of nitrogens with zero attached hydrogens (tertiary/aromatic N) is 1. The number of methoxy groups -OCH3 is 1. The molecule has 1 aliphatic heterocycles. The normalized spacial score (nSPS) is 43.4. The molecular formula is C13H21NO2. The Morgan fingerprint density at radius 3 is 2.31 bits per heavy atom. The summed E-state index contributed by atoms with van der Waals surface area (Å²) in [6.07, 6.45) is 4.34. The zero-order valence-electron chi connectivity index (χ0n) is 10.2. The van der Waals surface area contributed by atoms with Crippen molar-refractivity contribution in [3.63, 3.8) is 0 Å². The second-order valence-electron chi connectivity index (χ2n) is 5.81. The first-order chi connectivity index (χ1) is 7.70. The zero-order chi connectivity index (χ0) is 11.3. The average molecular weight is 223 g/mol. The maximum absolute atomic E-state index is 11.5. The molecule has 5 atom stereocenters. The molecule has 0 aromatic carbocycles. The highest BCUT2D eigenvalue weighted by molar-refractivity contribution is 5.75. The third kappa shape index (κ3) is 1.41. The summed E-state index contributed by atoms with van der Waals surface area (Å²) in [6, 6.07) is -0.0463. The number of carbonyl (C=O) groups excluding carboxylic acids is 1. The summed E-state index contributed by atoms with van der Waals surface area (Å²) in [5, 5.41) is 0. The summed E-state index contributed by atoms with van der Waals surface area (Å²) >= 11 is 0. The van der Waals surface area contributed by atoms with Crippen molar-refractivity contribution in [1.82, 2.24) is 4.90 Å². The number of esters is 1. The van der Waals surface area contributed by atoms with Gasteiger partial charge in [-0.3, -0.25) is 9.69 Å². The molecule has 0 N–H and O–H groups in total. The molecule has 1 saturated heterocycles. The Kier molecular flexibility index (Phi) is 2.46. The molecule has 3 rings (SSSR count). The molecule has 3 fully saturated rings. The second-order valence-corrected chi connectivity index (χ2v) is 5.81. The van der Waals surface area contributed by atoms with Gasteiger partial charge in [0.05, 0.1) is 7.11 Å². The van der Waals surface area contributed by atoms with Crippen molar-refractivity contribution in [2.75, 3.05) is 20.2 Å². The van der Waals surface area contributed by atoms with E-state index in [9.17, 15) is 4.79 Å². The average Bonchev–Trinajstić information content (AvgIpc) is 2.97. The predicted molar refractivity (Wildman–Crippen MR) is 60.9 cm³/mol. The predicted octanol–water partition coefficient (Wildman–Crippen LogP) is 1.53. The topological polar surface area (TPSA) is 29.5 Å². The van der Waals surface area contributed by atoms with Crippen LogP contribution in [0.25, 0.3) is 0 Å². The molecule has 90 valence electrons. The van der Waals surface area contributed by atoms with Gasteiger partial charge in [-0.15, -0.1) is 0 Å². The minimum atomic E-state index is -0.0766. The minimum Gasteiger partial charge on any atom is -0.468 e. The highest BCUT2D eigenvalue weighted by Gasteiger charge is 2.52. The molecule has 16 heavy (non-hydrogen) atoms. The van der Waals surface area contributed by atoms with E-state index in [1.54, 1.807) is 0 Å². The van der Waals surface area contributed by atoms with Crippen LogP contribution in [0.15, 0.2) is 0 Å². The molecule has 0 aromatic heterocycles. The minimum absolute atomic E-state index is 0.0463. The van der Waals surface area contributed by atoms with Crippen LogP contribution < -0.4 is 0 Å². The van der Waals surface area contributed by atoms with Gasteiger partial charge >= 0.3 is 5.97 Å². The first-order valence-corrected chi connectivity index (χ1v) is 6.52. The fourth-order valence-electron chi connectivity index (χ4n) is 4.35. The van der Waals surface area contributed by atoms with Crippen LogP contribution in [-0.2, 0) is 9.53 Å². The van der Waals surface area contributed by atoms with Gasteiger partial charge in [-0.2, -0.15) is 0 Å². The van der Waals surface area contributed by atoms with Crippen LogP contribution in [0.5, 0.6) is 0 Å². The third-order valence-corrected chi connectivity index (χ3v) is 5.26. The monoisotopic (exact) mass is 223 g/mol. The number of carbonyl (C=O) groups is 1. The van der Waals surface area contributed by atoms with E-state index in [0.29, 0.717) is 0 Å². The van der Waals surface area contributed by atoms with Gasteiger partial charge < -0.3 is 4.74 Å². The summed E-state index contributed by atoms with van der Waals surface area (Å²) in [6.45, 7) is 4.24. The van der Waals surface area contributed by atoms with E-state index in [4.69, 9.17) is 4.74 Å². The molecule has 2 saturated carbocycles. The fraction of sp³-hybridized carbons (Fsp3) is 0.923. The van der Waals surface area contributed by atoms with Crippen molar-refractivity contribution in [2.45, 2.75) is 32.2 Å². The Morgan fingerprint density at radius 1 is 1.25 bits per heavy atom. The van der Waals surface area contributed by atoms with E-state index in [2.05, 4.69) is 4.90 Å². The Labute approximate surface area is 97.1 Å². The molecule has 0 aromatic rings. The zero-order valence-corrected chi connectivity index (χ0v) is 10.2. The highest BCUT2D eigenvalue weighted by atomic mass is 16.5. The van der Waals surface area contributed by atoms with E-state index in [-0.39, 0.29) is 12.0 Å². The molecule has 0 radical (unpaired) electrons. The van der Waals surface area contributed by atoms with Gasteiger partial charge in [0.2, 0.25) is 0 Å². The van der Waals surface area contributed by atoms with Crippen LogP contribution >= 0.6 is 0 Å². The number of fused-ring (bicyclic) bond motifs is 5. The molecule has 0 unspecified atom stereocenters. The van der Waals surface area contributed by atoms with Gasteiger partial charge in [-0.1, -0.05) is 0 Å². The summed E-state index contributed by atoms with van der Waals surface area (Å²) in [5.74, 6) is 3.61. The smallest absolute Gasteiger partial charge is 0.322 e. The maximum Gasteiger partial charge on any atom is 0.322 e. The van der Waals surface area contributed by atoms with E-state index in [0.717, 1.165) is 36.8 Å². The number of hydrogen-bond donors (Lipinski definition) is 0. The van der Waals surface area contributed by atoms with Gasteiger partial charge in [0.1, 0.15) is 6.04 Å². The van der Waals surface area contributed by atoms with Crippen LogP contribution in [0.3, 0.4) is 0 Å². The van der Waals surface area contributed by atoms with Crippen LogP contribution in [-0.4, -0.2) is 37.1 Å². The van der Waals surface area contributed by atoms with E-state index in [1.165, 1.54) is 26.4 Å². The van der Waals surface area contributed by atoms with Gasteiger partial charge in [0, 0.05) is 13.1 Å². The first-order valence-electron chi connectivity index (χ1n) is 6.52. The van der Waals surface area contributed by atoms with E-state index >= 15 is 0 Å². The standard InChI is InChI=1S/C13H21NO2/c1-8(13(15)16-2)14-6-11-9-3-4-10(5-9)12(11)7-14/h8-12H,3-7H2,1-2H3/t8-,9-,10+,11+,12-/m0/s1. The Balaban J connectivity index is 1.68. The van der Waals surface area contributed by atoms with Crippen LogP contribution in [0.2, 0.25) is 0 Å². The van der Waals surface area contributed by atoms with Gasteiger partial charge in [-0.05, 0) is 49.9 Å². The SMILES string of the molecule is COC(=O)[C@H](C)N1C[C@@H]2[C@H]3CC[C@H](C3)[C@@H]2C1. The lowest BCUT2D eigenvalue weighted by molar-refractivity contribution is -0.146. The molecule has 0 spiro atoms. The molecule has 3 nitrogen and oxygen atoms in total. The quantitative estimate of drug-likeness (QED) is 0.665. The van der Waals surface area contributed by atoms with Gasteiger partial charge in [0.25, 0.3) is 0 Å². The van der Waals surface area contributed by atoms with Crippen molar-refractivity contribution in [3.05, 3.63) is 0 Å². The Hall–Kier alpha value is -0.570. The van der Waals surface area contributed by atoms with Crippen LogP contribution in [0.4, 0.5) is 0 Å². The fourth-order valence-corrected chi connectivity index (χ4v) is 4.35. The molecular weight excluding hydrogens is 202 g/mol. The van der Waals surface area contributed by atoms with Crippen molar-refractivity contribution >= 4 is 5.97 Å². The van der Waals surface area contributed by atoms with Crippen LogP contribution in [0, 0.1) is 23.7 Å². The first kappa shape index (κ1) is 10.6. The lowest BCUT2D eigenvalue weighted by Crippen LogP contribution is -2.39. The molecule has 2 bridgehead atoms. The maximum atomic E-state index is 11.5. The highest BCUT2D eigenvalue weighted by Crippen LogP contribution is 2.55. The molecule has 0 amide bonds. The van der Waals surface area contributed by atoms with Gasteiger partial charge in [0.15, 0.2) is 0 Å². The van der Waals surface area contributed by atoms with Gasteiger partial charge in [-0.25, -0.2) is 0 Å². The van der Waals surface area contributed by atoms with Crippen molar-refractivity contribution in [1.29, 1.82) is 0 Å². The third-order valence-electron chi connectivity index (χ3n) is 5.26.